The van der Waals surface area contributed by atoms with Crippen molar-refractivity contribution in [1.29, 1.82) is 0 Å². The van der Waals surface area contributed by atoms with Crippen LogP contribution in [0.4, 0.5) is 0 Å². The van der Waals surface area contributed by atoms with Gasteiger partial charge in [-0.05, 0) is 24.5 Å². The van der Waals surface area contributed by atoms with Crippen LogP contribution in [-0.2, 0) is 22.8 Å². The highest BCUT2D eigenvalue weighted by molar-refractivity contribution is 7.88. The summed E-state index contributed by atoms with van der Waals surface area (Å²) in [5.74, 6) is -0.119. The van der Waals surface area contributed by atoms with Crippen molar-refractivity contribution in [2.45, 2.75) is 31.1 Å². The smallest absolute Gasteiger partial charge is 0.218 e. The standard InChI is InChI=1S/C14H17Cl2N3O2S2/c1-18-8-11(7-17-18)12-4-2-3-5-19(12)23(20,21)9-10-6-13(15)22-14(10)16/h6-8,12H,2-5,9H2,1H3. The molecule has 1 aliphatic heterocycles. The molecular weight excluding hydrogens is 377 g/mol. The molecule has 0 aromatic carbocycles. The quantitative estimate of drug-likeness (QED) is 0.792. The molecule has 0 aliphatic carbocycles. The van der Waals surface area contributed by atoms with E-state index < -0.39 is 10.0 Å². The molecule has 2 aromatic rings. The molecule has 0 radical (unpaired) electrons. The largest absolute Gasteiger partial charge is 0.275 e. The SMILES string of the molecule is Cn1cc(C2CCCCN2S(=O)(=O)Cc2cc(Cl)sc2Cl)cn1. The predicted molar refractivity (Wildman–Crippen MR) is 93.5 cm³/mol. The second-order valence-corrected chi connectivity index (χ2v) is 9.88. The van der Waals surface area contributed by atoms with Crippen LogP contribution in [0.5, 0.6) is 0 Å². The lowest BCUT2D eigenvalue weighted by Crippen LogP contribution is -2.39. The van der Waals surface area contributed by atoms with Crippen LogP contribution in [0.3, 0.4) is 0 Å². The Kier molecular flexibility index (Phi) is 5.04. The Labute approximate surface area is 149 Å². The summed E-state index contributed by atoms with van der Waals surface area (Å²) < 4.78 is 30.0. The third kappa shape index (κ3) is 3.74. The van der Waals surface area contributed by atoms with Gasteiger partial charge >= 0.3 is 0 Å². The lowest BCUT2D eigenvalue weighted by atomic mass is 10.0. The van der Waals surface area contributed by atoms with E-state index in [1.165, 1.54) is 11.3 Å². The molecule has 5 nitrogen and oxygen atoms in total. The minimum atomic E-state index is -3.47. The van der Waals surface area contributed by atoms with Crippen molar-refractivity contribution >= 4 is 44.6 Å². The molecule has 0 amide bonds. The summed E-state index contributed by atoms with van der Waals surface area (Å²) in [7, 11) is -1.64. The molecule has 0 N–H and O–H groups in total. The molecule has 1 atom stereocenters. The second-order valence-electron chi connectivity index (χ2n) is 5.68. The van der Waals surface area contributed by atoms with Crippen LogP contribution in [0, 0.1) is 0 Å². The van der Waals surface area contributed by atoms with E-state index in [0.29, 0.717) is 20.8 Å². The topological polar surface area (TPSA) is 55.2 Å². The van der Waals surface area contributed by atoms with Crippen molar-refractivity contribution in [1.82, 2.24) is 14.1 Å². The van der Waals surface area contributed by atoms with E-state index in [-0.39, 0.29) is 11.8 Å². The van der Waals surface area contributed by atoms with Crippen LogP contribution in [0.25, 0.3) is 0 Å². The van der Waals surface area contributed by atoms with E-state index in [1.807, 2.05) is 13.2 Å². The van der Waals surface area contributed by atoms with Crippen LogP contribution in [0.2, 0.25) is 8.67 Å². The van der Waals surface area contributed by atoms with Gasteiger partial charge in [-0.1, -0.05) is 29.6 Å². The molecule has 2 aromatic heterocycles. The molecule has 23 heavy (non-hydrogen) atoms. The summed E-state index contributed by atoms with van der Waals surface area (Å²) in [5, 5.41) is 4.17. The number of nitrogens with zero attached hydrogens (tertiary/aromatic N) is 3. The van der Waals surface area contributed by atoms with Crippen molar-refractivity contribution in [2.24, 2.45) is 7.05 Å². The Hall–Kier alpha value is -0.600. The Morgan fingerprint density at radius 2 is 2.17 bits per heavy atom. The lowest BCUT2D eigenvalue weighted by molar-refractivity contribution is 0.255. The fourth-order valence-corrected chi connectivity index (χ4v) is 6.40. The van der Waals surface area contributed by atoms with E-state index in [4.69, 9.17) is 23.2 Å². The summed E-state index contributed by atoms with van der Waals surface area (Å²) in [6.45, 7) is 0.525. The fraction of sp³-hybridized carbons (Fsp3) is 0.500. The van der Waals surface area contributed by atoms with Gasteiger partial charge in [-0.25, -0.2) is 8.42 Å². The molecule has 1 unspecified atom stereocenters. The summed E-state index contributed by atoms with van der Waals surface area (Å²) in [5.41, 5.74) is 1.50. The minimum absolute atomic E-state index is 0.119. The van der Waals surface area contributed by atoms with Crippen molar-refractivity contribution in [2.75, 3.05) is 6.54 Å². The van der Waals surface area contributed by atoms with E-state index in [2.05, 4.69) is 5.10 Å². The number of piperidine rings is 1. The van der Waals surface area contributed by atoms with Gasteiger partial charge in [0.25, 0.3) is 0 Å². The molecule has 3 heterocycles. The molecule has 0 saturated carbocycles. The van der Waals surface area contributed by atoms with Gasteiger partial charge in [0.15, 0.2) is 0 Å². The fourth-order valence-electron chi connectivity index (χ4n) is 2.94. The highest BCUT2D eigenvalue weighted by Crippen LogP contribution is 2.37. The zero-order valence-corrected chi connectivity index (χ0v) is 15.7. The zero-order valence-electron chi connectivity index (χ0n) is 12.6. The summed E-state index contributed by atoms with van der Waals surface area (Å²) in [6.07, 6.45) is 6.31. The molecule has 0 spiro atoms. The summed E-state index contributed by atoms with van der Waals surface area (Å²) >= 11 is 13.2. The molecular formula is C14H17Cl2N3O2S2. The molecule has 126 valence electrons. The first-order valence-corrected chi connectivity index (χ1v) is 10.5. The van der Waals surface area contributed by atoms with Crippen molar-refractivity contribution < 1.29 is 8.42 Å². The third-order valence-corrected chi connectivity index (χ3v) is 7.38. The van der Waals surface area contributed by atoms with Gasteiger partial charge in [-0.3, -0.25) is 4.68 Å². The van der Waals surface area contributed by atoms with Gasteiger partial charge in [-0.15, -0.1) is 11.3 Å². The van der Waals surface area contributed by atoms with Gasteiger partial charge in [0.1, 0.15) is 0 Å². The number of rotatable bonds is 4. The van der Waals surface area contributed by atoms with E-state index in [1.54, 1.807) is 21.3 Å². The van der Waals surface area contributed by atoms with Gasteiger partial charge in [0.2, 0.25) is 10.0 Å². The van der Waals surface area contributed by atoms with Crippen molar-refractivity contribution in [3.05, 3.63) is 38.3 Å². The number of hydrogen-bond acceptors (Lipinski definition) is 4. The number of thiophene rings is 1. The molecule has 0 bridgehead atoms. The van der Waals surface area contributed by atoms with E-state index in [0.717, 1.165) is 24.8 Å². The van der Waals surface area contributed by atoms with Crippen LogP contribution in [-0.4, -0.2) is 29.0 Å². The van der Waals surface area contributed by atoms with Crippen molar-refractivity contribution in [3.63, 3.8) is 0 Å². The Morgan fingerprint density at radius 1 is 1.39 bits per heavy atom. The summed E-state index contributed by atoms with van der Waals surface area (Å²) in [4.78, 5) is 0. The maximum Gasteiger partial charge on any atom is 0.218 e. The average Bonchev–Trinajstić information content (AvgIpc) is 3.05. The molecule has 1 fully saturated rings. The Balaban J connectivity index is 1.88. The van der Waals surface area contributed by atoms with Gasteiger partial charge in [-0.2, -0.15) is 9.40 Å². The number of halogens is 2. The summed E-state index contributed by atoms with van der Waals surface area (Å²) in [6, 6.07) is 1.48. The predicted octanol–water partition coefficient (Wildman–Crippen LogP) is 3.85. The normalized spacial score (nSPS) is 20.0. The van der Waals surface area contributed by atoms with Crippen LogP contribution in [0.1, 0.15) is 36.4 Å². The number of aryl methyl sites for hydroxylation is 1. The van der Waals surface area contributed by atoms with E-state index in [9.17, 15) is 8.42 Å². The first kappa shape index (κ1) is 17.2. The zero-order chi connectivity index (χ0) is 16.6. The third-order valence-electron chi connectivity index (χ3n) is 3.99. The average molecular weight is 394 g/mol. The molecule has 1 aliphatic rings. The molecule has 9 heteroatoms. The monoisotopic (exact) mass is 393 g/mol. The highest BCUT2D eigenvalue weighted by atomic mass is 35.5. The van der Waals surface area contributed by atoms with Gasteiger partial charge in [0.05, 0.1) is 26.7 Å². The van der Waals surface area contributed by atoms with Crippen LogP contribution < -0.4 is 0 Å². The van der Waals surface area contributed by atoms with Crippen molar-refractivity contribution in [3.8, 4) is 0 Å². The first-order chi connectivity index (χ1) is 10.9. The number of hydrogen-bond donors (Lipinski definition) is 0. The lowest BCUT2D eigenvalue weighted by Gasteiger charge is -2.34. The second kappa shape index (κ2) is 6.72. The van der Waals surface area contributed by atoms with E-state index >= 15 is 0 Å². The Morgan fingerprint density at radius 3 is 2.78 bits per heavy atom. The number of aromatic nitrogens is 2. The highest BCUT2D eigenvalue weighted by Gasteiger charge is 2.34. The maximum atomic E-state index is 12.9. The van der Waals surface area contributed by atoms with Gasteiger partial charge in [0, 0.05) is 25.4 Å². The van der Waals surface area contributed by atoms with Crippen LogP contribution >= 0.6 is 34.5 Å². The first-order valence-electron chi connectivity index (χ1n) is 7.28. The van der Waals surface area contributed by atoms with Crippen LogP contribution in [0.15, 0.2) is 18.5 Å². The van der Waals surface area contributed by atoms with Gasteiger partial charge < -0.3 is 0 Å². The Bertz CT molecular complexity index is 801. The number of sulfonamides is 1. The maximum absolute atomic E-state index is 12.9. The minimum Gasteiger partial charge on any atom is -0.275 e. The molecule has 3 rings (SSSR count). The molecule has 1 saturated heterocycles.